The van der Waals surface area contributed by atoms with Gasteiger partial charge in [-0.3, -0.25) is 14.5 Å². The number of amides is 2. The van der Waals surface area contributed by atoms with Gasteiger partial charge >= 0.3 is 0 Å². The maximum atomic E-state index is 12.7. The van der Waals surface area contributed by atoms with Crippen LogP contribution in [0, 0.1) is 0 Å². The van der Waals surface area contributed by atoms with Crippen LogP contribution in [0.2, 0.25) is 5.02 Å². The molecule has 1 aromatic carbocycles. The normalized spacial score (nSPS) is 19.5. The quantitative estimate of drug-likeness (QED) is 0.767. The van der Waals surface area contributed by atoms with Crippen molar-refractivity contribution < 1.29 is 14.3 Å². The minimum atomic E-state index is -0.566. The third kappa shape index (κ3) is 4.39. The van der Waals surface area contributed by atoms with E-state index in [-0.39, 0.29) is 18.4 Å². The molecule has 0 fully saturated rings. The van der Waals surface area contributed by atoms with Crippen LogP contribution in [0.15, 0.2) is 29.8 Å². The Balaban J connectivity index is 1.63. The maximum absolute atomic E-state index is 12.7. The summed E-state index contributed by atoms with van der Waals surface area (Å²) in [5, 5.41) is 3.43. The fraction of sp³-hybridized carbons (Fsp3) is 0.500. The van der Waals surface area contributed by atoms with E-state index in [0.29, 0.717) is 29.4 Å². The molecule has 1 unspecified atom stereocenters. The van der Waals surface area contributed by atoms with E-state index in [1.165, 1.54) is 23.3 Å². The second-order valence-electron chi connectivity index (χ2n) is 6.76. The Kier molecular flexibility index (Phi) is 6.20. The number of fused-ring (bicyclic) bond motifs is 1. The van der Waals surface area contributed by atoms with Crippen LogP contribution in [0.1, 0.15) is 45.4 Å². The van der Waals surface area contributed by atoms with E-state index in [2.05, 4.69) is 11.4 Å². The van der Waals surface area contributed by atoms with E-state index in [9.17, 15) is 9.59 Å². The van der Waals surface area contributed by atoms with Gasteiger partial charge in [-0.25, -0.2) is 0 Å². The van der Waals surface area contributed by atoms with Crippen molar-refractivity contribution in [1.82, 2.24) is 5.32 Å². The van der Waals surface area contributed by atoms with Crippen molar-refractivity contribution in [3.8, 4) is 5.75 Å². The Labute approximate surface area is 159 Å². The number of carbonyl (C=O) groups is 2. The summed E-state index contributed by atoms with van der Waals surface area (Å²) in [6, 6.07) is 5.13. The van der Waals surface area contributed by atoms with E-state index in [0.717, 1.165) is 19.3 Å². The fourth-order valence-electron chi connectivity index (χ4n) is 3.41. The SMILES string of the molecule is CCC1Oc2ccc(Cl)cc2N(CC(=O)NCCC2=CCCCC2)C1=O. The summed E-state index contributed by atoms with van der Waals surface area (Å²) in [5.41, 5.74) is 1.97. The number of halogens is 1. The highest BCUT2D eigenvalue weighted by molar-refractivity contribution is 6.31. The second-order valence-corrected chi connectivity index (χ2v) is 7.20. The van der Waals surface area contributed by atoms with E-state index < -0.39 is 6.10 Å². The van der Waals surface area contributed by atoms with Crippen LogP contribution in [-0.4, -0.2) is 31.0 Å². The molecular weight excluding hydrogens is 352 g/mol. The number of ether oxygens (including phenoxy) is 1. The molecule has 1 atom stereocenters. The Morgan fingerprint density at radius 2 is 2.23 bits per heavy atom. The first-order valence-electron chi connectivity index (χ1n) is 9.30. The number of anilines is 1. The average molecular weight is 377 g/mol. The van der Waals surface area contributed by atoms with Gasteiger partial charge in [-0.1, -0.05) is 30.2 Å². The lowest BCUT2D eigenvalue weighted by atomic mass is 9.97. The molecule has 1 heterocycles. The number of allylic oxidation sites excluding steroid dienone is 1. The molecule has 1 aromatic rings. The Morgan fingerprint density at radius 3 is 2.96 bits per heavy atom. The zero-order chi connectivity index (χ0) is 18.5. The molecule has 0 saturated carbocycles. The highest BCUT2D eigenvalue weighted by Gasteiger charge is 2.34. The van der Waals surface area contributed by atoms with Crippen LogP contribution in [-0.2, 0) is 9.59 Å². The lowest BCUT2D eigenvalue weighted by molar-refractivity contribution is -0.129. The molecule has 0 radical (unpaired) electrons. The van der Waals surface area contributed by atoms with Crippen molar-refractivity contribution >= 4 is 29.1 Å². The molecule has 2 aliphatic rings. The predicted molar refractivity (Wildman–Crippen MR) is 103 cm³/mol. The van der Waals surface area contributed by atoms with Crippen molar-refractivity contribution in [2.45, 2.75) is 51.6 Å². The van der Waals surface area contributed by atoms with E-state index in [1.54, 1.807) is 18.2 Å². The molecule has 140 valence electrons. The molecular formula is C20H25ClN2O3. The van der Waals surface area contributed by atoms with Gasteiger partial charge in [-0.05, 0) is 56.7 Å². The predicted octanol–water partition coefficient (Wildman–Crippen LogP) is 3.85. The average Bonchev–Trinajstić information content (AvgIpc) is 2.65. The summed E-state index contributed by atoms with van der Waals surface area (Å²) in [4.78, 5) is 26.5. The lowest BCUT2D eigenvalue weighted by Gasteiger charge is -2.33. The number of nitrogens with zero attached hydrogens (tertiary/aromatic N) is 1. The van der Waals surface area contributed by atoms with Crippen LogP contribution in [0.3, 0.4) is 0 Å². The molecule has 0 aromatic heterocycles. The molecule has 1 N–H and O–H groups in total. The van der Waals surface area contributed by atoms with E-state index in [4.69, 9.17) is 16.3 Å². The molecule has 26 heavy (non-hydrogen) atoms. The summed E-state index contributed by atoms with van der Waals surface area (Å²) in [5.74, 6) is 0.214. The van der Waals surface area contributed by atoms with Gasteiger partial charge in [0.25, 0.3) is 5.91 Å². The van der Waals surface area contributed by atoms with Crippen LogP contribution in [0.4, 0.5) is 5.69 Å². The van der Waals surface area contributed by atoms with Gasteiger partial charge in [0.15, 0.2) is 6.10 Å². The second kappa shape index (κ2) is 8.58. The molecule has 1 aliphatic heterocycles. The summed E-state index contributed by atoms with van der Waals surface area (Å²) >= 11 is 6.07. The fourth-order valence-corrected chi connectivity index (χ4v) is 3.58. The van der Waals surface area contributed by atoms with Gasteiger partial charge in [0.05, 0.1) is 5.69 Å². The number of hydrogen-bond acceptors (Lipinski definition) is 3. The third-order valence-electron chi connectivity index (χ3n) is 4.85. The third-order valence-corrected chi connectivity index (χ3v) is 5.08. The number of nitrogens with one attached hydrogen (secondary N) is 1. The van der Waals surface area contributed by atoms with Crippen LogP contribution >= 0.6 is 11.6 Å². The summed E-state index contributed by atoms with van der Waals surface area (Å²) in [6.45, 7) is 2.47. The van der Waals surface area contributed by atoms with Crippen molar-refractivity contribution in [2.75, 3.05) is 18.0 Å². The lowest BCUT2D eigenvalue weighted by Crippen LogP contribution is -2.49. The van der Waals surface area contributed by atoms with Crippen LogP contribution in [0.5, 0.6) is 5.75 Å². The highest BCUT2D eigenvalue weighted by atomic mass is 35.5. The van der Waals surface area contributed by atoms with E-state index in [1.807, 2.05) is 6.92 Å². The smallest absolute Gasteiger partial charge is 0.268 e. The van der Waals surface area contributed by atoms with Crippen molar-refractivity contribution in [1.29, 1.82) is 0 Å². The van der Waals surface area contributed by atoms with Crippen molar-refractivity contribution in [3.63, 3.8) is 0 Å². The molecule has 0 saturated heterocycles. The number of carbonyl (C=O) groups excluding carboxylic acids is 2. The monoisotopic (exact) mass is 376 g/mol. The minimum absolute atomic E-state index is 0.0227. The Bertz CT molecular complexity index is 717. The van der Waals surface area contributed by atoms with Crippen molar-refractivity contribution in [3.05, 3.63) is 34.9 Å². The Morgan fingerprint density at radius 1 is 1.38 bits per heavy atom. The molecule has 6 heteroatoms. The number of hydrogen-bond donors (Lipinski definition) is 1. The van der Waals surface area contributed by atoms with E-state index >= 15 is 0 Å². The van der Waals surface area contributed by atoms with Gasteiger partial charge in [-0.15, -0.1) is 0 Å². The number of benzene rings is 1. The first-order chi connectivity index (χ1) is 12.6. The molecule has 0 bridgehead atoms. The van der Waals surface area contributed by atoms with Crippen molar-refractivity contribution in [2.24, 2.45) is 0 Å². The molecule has 2 amide bonds. The Hall–Kier alpha value is -2.01. The minimum Gasteiger partial charge on any atom is -0.478 e. The zero-order valence-electron chi connectivity index (χ0n) is 15.1. The zero-order valence-corrected chi connectivity index (χ0v) is 15.8. The number of rotatable bonds is 6. The first kappa shape index (κ1) is 18.8. The first-order valence-corrected chi connectivity index (χ1v) is 9.68. The maximum Gasteiger partial charge on any atom is 0.268 e. The van der Waals surface area contributed by atoms with Gasteiger partial charge in [0, 0.05) is 11.6 Å². The van der Waals surface area contributed by atoms with Gasteiger partial charge in [0.2, 0.25) is 5.91 Å². The summed E-state index contributed by atoms with van der Waals surface area (Å²) in [7, 11) is 0. The summed E-state index contributed by atoms with van der Waals surface area (Å²) in [6.07, 6.45) is 7.90. The molecule has 1 aliphatic carbocycles. The molecule has 3 rings (SSSR count). The van der Waals surface area contributed by atoms with Gasteiger partial charge in [0.1, 0.15) is 12.3 Å². The van der Waals surface area contributed by atoms with Crippen LogP contribution in [0.25, 0.3) is 0 Å². The van der Waals surface area contributed by atoms with Gasteiger partial charge < -0.3 is 10.1 Å². The summed E-state index contributed by atoms with van der Waals surface area (Å²) < 4.78 is 5.73. The standard InChI is InChI=1S/C20H25ClN2O3/c1-2-17-20(25)23(16-12-15(21)8-9-18(16)26-17)13-19(24)22-11-10-14-6-4-3-5-7-14/h6,8-9,12,17H,2-5,7,10-11,13H2,1H3,(H,22,24). The largest absolute Gasteiger partial charge is 0.478 e. The van der Waals surface area contributed by atoms with Gasteiger partial charge in [-0.2, -0.15) is 0 Å². The topological polar surface area (TPSA) is 58.6 Å². The highest BCUT2D eigenvalue weighted by Crippen LogP contribution is 2.36. The molecule has 0 spiro atoms. The molecule has 5 nitrogen and oxygen atoms in total. The van der Waals surface area contributed by atoms with Crippen LogP contribution < -0.4 is 15.0 Å².